The molecule has 0 fully saturated rings. The fraction of sp³-hybridized carbons (Fsp3) is 0.333. The lowest BCUT2D eigenvalue weighted by Gasteiger charge is -2.07. The molecule has 5 nitrogen and oxygen atoms in total. The van der Waals surface area contributed by atoms with Crippen molar-refractivity contribution in [3.05, 3.63) is 34.9 Å². The molecule has 3 N–H and O–H groups in total. The molecule has 0 atom stereocenters. The van der Waals surface area contributed by atoms with E-state index < -0.39 is 0 Å². The van der Waals surface area contributed by atoms with Crippen LogP contribution in [0.1, 0.15) is 22.8 Å². The van der Waals surface area contributed by atoms with Crippen LogP contribution in [0.15, 0.2) is 16.5 Å². The number of aromatic nitrogens is 2. The van der Waals surface area contributed by atoms with Crippen LogP contribution in [-0.4, -0.2) is 14.8 Å². The van der Waals surface area contributed by atoms with E-state index in [4.69, 9.17) is 22.4 Å². The van der Waals surface area contributed by atoms with E-state index >= 15 is 0 Å². The van der Waals surface area contributed by atoms with Gasteiger partial charge in [0.2, 0.25) is 0 Å². The van der Waals surface area contributed by atoms with E-state index in [-0.39, 0.29) is 0 Å². The molecule has 0 aromatic carbocycles. The number of rotatable bonds is 4. The molecule has 0 saturated carbocycles. The molecule has 0 saturated heterocycles. The van der Waals surface area contributed by atoms with Crippen LogP contribution in [0.25, 0.3) is 0 Å². The molecule has 18 heavy (non-hydrogen) atoms. The smallest absolute Gasteiger partial charge is 0.134 e. The molecule has 0 aliphatic rings. The first-order valence-corrected chi connectivity index (χ1v) is 6.02. The molecule has 0 aliphatic heterocycles. The maximum absolute atomic E-state index is 5.72. The summed E-state index contributed by atoms with van der Waals surface area (Å²) in [5.74, 6) is 2.57. The monoisotopic (exact) mass is 264 g/mol. The summed E-state index contributed by atoms with van der Waals surface area (Å²) in [6.07, 6.45) is 0. The number of anilines is 1. The van der Waals surface area contributed by atoms with E-state index in [1.54, 1.807) is 4.68 Å². The van der Waals surface area contributed by atoms with Crippen molar-refractivity contribution in [1.29, 1.82) is 0 Å². The molecule has 6 heteroatoms. The van der Waals surface area contributed by atoms with Crippen molar-refractivity contribution in [2.24, 2.45) is 12.8 Å². The van der Waals surface area contributed by atoms with Gasteiger partial charge in [-0.3, -0.25) is 4.68 Å². The minimum absolute atomic E-state index is 0.346. The zero-order valence-corrected chi connectivity index (χ0v) is 11.5. The minimum atomic E-state index is 0.346. The van der Waals surface area contributed by atoms with Crippen LogP contribution in [-0.2, 0) is 13.6 Å². The zero-order valence-electron chi connectivity index (χ0n) is 10.7. The van der Waals surface area contributed by atoms with E-state index in [1.807, 2.05) is 33.0 Å². The van der Waals surface area contributed by atoms with E-state index in [9.17, 15) is 0 Å². The summed E-state index contributed by atoms with van der Waals surface area (Å²) in [5, 5.41) is 7.56. The molecule has 0 spiro atoms. The Bertz CT molecular complexity index is 585. The standard InChI is InChI=1S/C12H16N4OS/c1-7-4-5-9(17-7)6-14-12-10(11(13)18)8(2)15-16(12)3/h4-5,14H,6H2,1-3H3,(H2,13,18). The SMILES string of the molecule is Cc1ccc(CNc2c(C(N)=S)c(C)nn2C)o1. The number of hydrogen-bond donors (Lipinski definition) is 2. The van der Waals surface area contributed by atoms with Gasteiger partial charge in [0.25, 0.3) is 0 Å². The summed E-state index contributed by atoms with van der Waals surface area (Å²) < 4.78 is 7.23. The van der Waals surface area contributed by atoms with Gasteiger partial charge in [-0.2, -0.15) is 5.10 Å². The van der Waals surface area contributed by atoms with Crippen molar-refractivity contribution in [2.75, 3.05) is 5.32 Å². The van der Waals surface area contributed by atoms with Crippen LogP contribution in [0.5, 0.6) is 0 Å². The van der Waals surface area contributed by atoms with Gasteiger partial charge in [0.15, 0.2) is 0 Å². The molecular weight excluding hydrogens is 248 g/mol. The number of thiocarbonyl (C=S) groups is 1. The number of furan rings is 1. The summed E-state index contributed by atoms with van der Waals surface area (Å²) in [6.45, 7) is 4.37. The van der Waals surface area contributed by atoms with E-state index in [1.165, 1.54) is 0 Å². The lowest BCUT2D eigenvalue weighted by Crippen LogP contribution is -2.14. The number of hydrogen-bond acceptors (Lipinski definition) is 4. The molecule has 2 aromatic heterocycles. The molecule has 0 amide bonds. The van der Waals surface area contributed by atoms with E-state index in [2.05, 4.69) is 10.4 Å². The summed E-state index contributed by atoms with van der Waals surface area (Å²) in [7, 11) is 1.85. The van der Waals surface area contributed by atoms with Crippen molar-refractivity contribution in [2.45, 2.75) is 20.4 Å². The molecular formula is C12H16N4OS. The van der Waals surface area contributed by atoms with Gasteiger partial charge in [0.1, 0.15) is 22.3 Å². The molecule has 0 bridgehead atoms. The highest BCUT2D eigenvalue weighted by Crippen LogP contribution is 2.19. The average Bonchev–Trinajstić information content (AvgIpc) is 2.79. The third kappa shape index (κ3) is 2.38. The Morgan fingerprint density at radius 2 is 2.22 bits per heavy atom. The van der Waals surface area contributed by atoms with E-state index in [0.29, 0.717) is 11.5 Å². The molecule has 0 aliphatic carbocycles. The van der Waals surface area contributed by atoms with Gasteiger partial charge in [0, 0.05) is 7.05 Å². The predicted molar refractivity (Wildman–Crippen MR) is 74.6 cm³/mol. The average molecular weight is 264 g/mol. The van der Waals surface area contributed by atoms with Gasteiger partial charge in [0.05, 0.1) is 17.8 Å². The first-order chi connectivity index (χ1) is 8.49. The van der Waals surface area contributed by atoms with Gasteiger partial charge in [-0.1, -0.05) is 12.2 Å². The second-order valence-electron chi connectivity index (χ2n) is 4.16. The summed E-state index contributed by atoms with van der Waals surface area (Å²) in [5.41, 5.74) is 7.33. The third-order valence-corrected chi connectivity index (χ3v) is 2.90. The maximum atomic E-state index is 5.72. The number of nitrogens with one attached hydrogen (secondary N) is 1. The topological polar surface area (TPSA) is 69.0 Å². The Morgan fingerprint density at radius 1 is 1.50 bits per heavy atom. The molecule has 0 radical (unpaired) electrons. The second kappa shape index (κ2) is 4.81. The van der Waals surface area contributed by atoms with E-state index in [0.717, 1.165) is 28.6 Å². The third-order valence-electron chi connectivity index (χ3n) is 2.69. The van der Waals surface area contributed by atoms with Crippen LogP contribution >= 0.6 is 12.2 Å². The predicted octanol–water partition coefficient (Wildman–Crippen LogP) is 1.88. The van der Waals surface area contributed by atoms with Gasteiger partial charge < -0.3 is 15.5 Å². The minimum Gasteiger partial charge on any atom is -0.465 e. The van der Waals surface area contributed by atoms with Crippen molar-refractivity contribution >= 4 is 23.0 Å². The van der Waals surface area contributed by atoms with Gasteiger partial charge in [-0.05, 0) is 26.0 Å². The number of nitrogens with zero attached hydrogens (tertiary/aromatic N) is 2. The van der Waals surface area contributed by atoms with Crippen LogP contribution in [0, 0.1) is 13.8 Å². The quantitative estimate of drug-likeness (QED) is 0.825. The van der Waals surface area contributed by atoms with Gasteiger partial charge >= 0.3 is 0 Å². The van der Waals surface area contributed by atoms with Crippen molar-refractivity contribution in [3.63, 3.8) is 0 Å². The fourth-order valence-electron chi connectivity index (χ4n) is 1.91. The first kappa shape index (κ1) is 12.6. The number of nitrogens with two attached hydrogens (primary N) is 1. The second-order valence-corrected chi connectivity index (χ2v) is 4.60. The lowest BCUT2D eigenvalue weighted by molar-refractivity contribution is 0.490. The molecule has 2 aromatic rings. The Labute approximate surface area is 111 Å². The summed E-state index contributed by atoms with van der Waals surface area (Å²) in [6, 6.07) is 3.87. The fourth-order valence-corrected chi connectivity index (χ4v) is 2.15. The maximum Gasteiger partial charge on any atom is 0.134 e. The number of aryl methyl sites for hydroxylation is 3. The lowest BCUT2D eigenvalue weighted by atomic mass is 10.2. The Hall–Kier alpha value is -1.82. The van der Waals surface area contributed by atoms with Crippen LogP contribution in [0.2, 0.25) is 0 Å². The van der Waals surface area contributed by atoms with Gasteiger partial charge in [-0.15, -0.1) is 0 Å². The molecule has 0 unspecified atom stereocenters. The molecule has 2 heterocycles. The van der Waals surface area contributed by atoms with Crippen molar-refractivity contribution in [1.82, 2.24) is 9.78 Å². The molecule has 96 valence electrons. The Morgan fingerprint density at radius 3 is 2.78 bits per heavy atom. The van der Waals surface area contributed by atoms with Gasteiger partial charge in [-0.25, -0.2) is 0 Å². The zero-order chi connectivity index (χ0) is 13.3. The van der Waals surface area contributed by atoms with Crippen LogP contribution in [0.4, 0.5) is 5.82 Å². The van der Waals surface area contributed by atoms with Crippen LogP contribution < -0.4 is 11.1 Å². The van der Waals surface area contributed by atoms with Crippen LogP contribution in [0.3, 0.4) is 0 Å². The normalized spacial score (nSPS) is 10.6. The largest absolute Gasteiger partial charge is 0.465 e. The van der Waals surface area contributed by atoms with Crippen molar-refractivity contribution < 1.29 is 4.42 Å². The summed E-state index contributed by atoms with van der Waals surface area (Å²) in [4.78, 5) is 0.346. The highest BCUT2D eigenvalue weighted by atomic mass is 32.1. The molecule has 2 rings (SSSR count). The van der Waals surface area contributed by atoms with Crippen molar-refractivity contribution in [3.8, 4) is 0 Å². The highest BCUT2D eigenvalue weighted by molar-refractivity contribution is 7.80. The Balaban J connectivity index is 2.21. The first-order valence-electron chi connectivity index (χ1n) is 5.61. The Kier molecular flexibility index (Phi) is 3.38. The summed E-state index contributed by atoms with van der Waals surface area (Å²) >= 11 is 5.05. The highest BCUT2D eigenvalue weighted by Gasteiger charge is 2.15.